The van der Waals surface area contributed by atoms with E-state index in [-0.39, 0.29) is 12.1 Å². The first-order valence-corrected chi connectivity index (χ1v) is 5.78. The SMILES string of the molecule is O=C(O)N1C[C@@H]2C[C@H]1CN2c1ccc(Cl)nn1. The molecule has 0 spiro atoms. The van der Waals surface area contributed by atoms with Gasteiger partial charge in [-0.2, -0.15) is 0 Å². The average Bonchev–Trinajstić information content (AvgIpc) is 2.89. The summed E-state index contributed by atoms with van der Waals surface area (Å²) >= 11 is 5.68. The van der Waals surface area contributed by atoms with Crippen LogP contribution in [0.25, 0.3) is 0 Å². The molecule has 90 valence electrons. The molecule has 2 saturated heterocycles. The third kappa shape index (κ3) is 1.68. The number of likely N-dealkylation sites (tertiary alicyclic amines) is 1. The van der Waals surface area contributed by atoms with E-state index in [2.05, 4.69) is 15.1 Å². The summed E-state index contributed by atoms with van der Waals surface area (Å²) in [5, 5.41) is 17.2. The van der Waals surface area contributed by atoms with Crippen LogP contribution in [0.1, 0.15) is 6.42 Å². The van der Waals surface area contributed by atoms with E-state index < -0.39 is 6.09 Å². The highest BCUT2D eigenvalue weighted by atomic mass is 35.5. The molecule has 0 unspecified atom stereocenters. The van der Waals surface area contributed by atoms with Crippen molar-refractivity contribution in [1.29, 1.82) is 0 Å². The molecule has 2 fully saturated rings. The summed E-state index contributed by atoms with van der Waals surface area (Å²) in [5.41, 5.74) is 0. The van der Waals surface area contributed by atoms with Crippen molar-refractivity contribution in [2.45, 2.75) is 18.5 Å². The van der Waals surface area contributed by atoms with Crippen LogP contribution in [0.5, 0.6) is 0 Å². The molecule has 2 aliphatic heterocycles. The molecule has 0 aliphatic carbocycles. The van der Waals surface area contributed by atoms with E-state index in [9.17, 15) is 4.79 Å². The molecule has 2 atom stereocenters. The first kappa shape index (κ1) is 10.6. The molecule has 1 aromatic rings. The lowest BCUT2D eigenvalue weighted by atomic mass is 10.2. The second-order valence-electron chi connectivity index (χ2n) is 4.34. The van der Waals surface area contributed by atoms with Gasteiger partial charge in [0.2, 0.25) is 0 Å². The monoisotopic (exact) mass is 254 g/mol. The molecule has 2 bridgehead atoms. The molecule has 2 aliphatic rings. The van der Waals surface area contributed by atoms with Crippen molar-refractivity contribution >= 4 is 23.5 Å². The molecular weight excluding hydrogens is 244 g/mol. The van der Waals surface area contributed by atoms with Crippen molar-refractivity contribution in [3.05, 3.63) is 17.3 Å². The molecule has 17 heavy (non-hydrogen) atoms. The predicted octanol–water partition coefficient (Wildman–Crippen LogP) is 1.07. The molecule has 1 aromatic heterocycles. The van der Waals surface area contributed by atoms with Crippen molar-refractivity contribution in [2.24, 2.45) is 0 Å². The second-order valence-corrected chi connectivity index (χ2v) is 4.73. The van der Waals surface area contributed by atoms with Gasteiger partial charge in [-0.25, -0.2) is 4.79 Å². The number of anilines is 1. The normalized spacial score (nSPS) is 26.6. The van der Waals surface area contributed by atoms with Crippen LogP contribution < -0.4 is 4.90 Å². The van der Waals surface area contributed by atoms with Crippen molar-refractivity contribution in [2.75, 3.05) is 18.0 Å². The summed E-state index contributed by atoms with van der Waals surface area (Å²) in [5.74, 6) is 0.770. The van der Waals surface area contributed by atoms with Crippen LogP contribution in [0.15, 0.2) is 12.1 Å². The van der Waals surface area contributed by atoms with Crippen molar-refractivity contribution in [1.82, 2.24) is 15.1 Å². The fourth-order valence-electron chi connectivity index (χ4n) is 2.64. The Morgan fingerprint density at radius 1 is 1.35 bits per heavy atom. The highest BCUT2D eigenvalue weighted by molar-refractivity contribution is 6.29. The summed E-state index contributed by atoms with van der Waals surface area (Å²) in [6.45, 7) is 1.23. The van der Waals surface area contributed by atoms with Gasteiger partial charge in [-0.1, -0.05) is 11.6 Å². The van der Waals surface area contributed by atoms with E-state index in [0.29, 0.717) is 18.2 Å². The molecule has 3 rings (SSSR count). The smallest absolute Gasteiger partial charge is 0.407 e. The van der Waals surface area contributed by atoms with Gasteiger partial charge in [-0.15, -0.1) is 10.2 Å². The standard InChI is InChI=1S/C10H11ClN4O2/c11-8-1-2-9(13-12-8)14-4-7-3-6(14)5-15(7)10(16)17/h1-2,6-7H,3-5H2,(H,16,17)/t6-,7-/m0/s1. The molecule has 0 aromatic carbocycles. The highest BCUT2D eigenvalue weighted by Gasteiger charge is 2.45. The Morgan fingerprint density at radius 3 is 2.71 bits per heavy atom. The summed E-state index contributed by atoms with van der Waals surface area (Å²) in [4.78, 5) is 14.6. The zero-order valence-corrected chi connectivity index (χ0v) is 9.71. The van der Waals surface area contributed by atoms with Gasteiger partial charge in [0.25, 0.3) is 0 Å². The molecule has 0 radical (unpaired) electrons. The fourth-order valence-corrected chi connectivity index (χ4v) is 2.74. The maximum absolute atomic E-state index is 10.9. The van der Waals surface area contributed by atoms with Gasteiger partial charge in [-0.3, -0.25) is 0 Å². The highest BCUT2D eigenvalue weighted by Crippen LogP contribution is 2.33. The maximum atomic E-state index is 10.9. The van der Waals surface area contributed by atoms with Crippen LogP contribution in [0.4, 0.5) is 10.6 Å². The molecular formula is C10H11ClN4O2. The van der Waals surface area contributed by atoms with Gasteiger partial charge in [0.05, 0.1) is 12.1 Å². The lowest BCUT2D eigenvalue weighted by Gasteiger charge is -2.32. The minimum absolute atomic E-state index is 0.0787. The quantitative estimate of drug-likeness (QED) is 0.812. The zero-order chi connectivity index (χ0) is 12.0. The number of carboxylic acid groups (broad SMARTS) is 1. The van der Waals surface area contributed by atoms with Crippen LogP contribution in [0.3, 0.4) is 0 Å². The van der Waals surface area contributed by atoms with Gasteiger partial charge < -0.3 is 14.9 Å². The Labute approximate surface area is 103 Å². The molecule has 6 nitrogen and oxygen atoms in total. The Balaban J connectivity index is 1.78. The third-order valence-corrected chi connectivity index (χ3v) is 3.60. The maximum Gasteiger partial charge on any atom is 0.407 e. The minimum atomic E-state index is -0.834. The van der Waals surface area contributed by atoms with E-state index in [0.717, 1.165) is 12.2 Å². The third-order valence-electron chi connectivity index (χ3n) is 3.40. The largest absolute Gasteiger partial charge is 0.465 e. The van der Waals surface area contributed by atoms with Gasteiger partial charge in [0.1, 0.15) is 0 Å². The van der Waals surface area contributed by atoms with E-state index in [4.69, 9.17) is 16.7 Å². The Kier molecular flexibility index (Phi) is 2.32. The average molecular weight is 255 g/mol. The number of hydrogen-bond acceptors (Lipinski definition) is 4. The summed E-state index contributed by atoms with van der Waals surface area (Å²) in [6, 6.07) is 3.81. The fraction of sp³-hybridized carbons (Fsp3) is 0.500. The first-order chi connectivity index (χ1) is 8.15. The van der Waals surface area contributed by atoms with Crippen molar-refractivity contribution in [3.8, 4) is 0 Å². The Bertz CT molecular complexity index is 452. The van der Waals surface area contributed by atoms with Crippen LogP contribution in [-0.2, 0) is 0 Å². The Morgan fingerprint density at radius 2 is 2.18 bits per heavy atom. The van der Waals surface area contributed by atoms with E-state index in [1.807, 2.05) is 6.07 Å². The minimum Gasteiger partial charge on any atom is -0.465 e. The van der Waals surface area contributed by atoms with E-state index in [1.54, 1.807) is 6.07 Å². The van der Waals surface area contributed by atoms with Gasteiger partial charge in [-0.05, 0) is 18.6 Å². The number of rotatable bonds is 1. The molecule has 7 heteroatoms. The number of piperazine rings is 1. The summed E-state index contributed by atoms with van der Waals surface area (Å²) in [7, 11) is 0. The van der Waals surface area contributed by atoms with Crippen LogP contribution in [0, 0.1) is 0 Å². The summed E-state index contributed by atoms with van der Waals surface area (Å²) in [6.07, 6.45) is 0.0377. The number of nitrogens with zero attached hydrogens (tertiary/aromatic N) is 4. The van der Waals surface area contributed by atoms with E-state index in [1.165, 1.54) is 4.90 Å². The number of amides is 1. The van der Waals surface area contributed by atoms with Gasteiger partial charge >= 0.3 is 6.09 Å². The van der Waals surface area contributed by atoms with E-state index >= 15 is 0 Å². The van der Waals surface area contributed by atoms with Crippen LogP contribution >= 0.6 is 11.6 Å². The second kappa shape index (κ2) is 3.73. The Hall–Kier alpha value is -1.56. The molecule has 0 saturated carbocycles. The number of carbonyl (C=O) groups is 1. The number of fused-ring (bicyclic) bond motifs is 2. The molecule has 3 heterocycles. The lowest BCUT2D eigenvalue weighted by molar-refractivity contribution is 0.137. The van der Waals surface area contributed by atoms with Gasteiger partial charge in [0, 0.05) is 13.1 Å². The van der Waals surface area contributed by atoms with Gasteiger partial charge in [0.15, 0.2) is 11.0 Å². The number of halogens is 1. The van der Waals surface area contributed by atoms with Crippen molar-refractivity contribution < 1.29 is 9.90 Å². The molecule has 1 N–H and O–H groups in total. The summed E-state index contributed by atoms with van der Waals surface area (Å²) < 4.78 is 0. The number of aromatic nitrogens is 2. The lowest BCUT2D eigenvalue weighted by Crippen LogP contribution is -2.48. The first-order valence-electron chi connectivity index (χ1n) is 5.40. The topological polar surface area (TPSA) is 69.6 Å². The van der Waals surface area contributed by atoms with Crippen LogP contribution in [-0.4, -0.2) is 51.5 Å². The zero-order valence-electron chi connectivity index (χ0n) is 8.95. The number of hydrogen-bond donors (Lipinski definition) is 1. The van der Waals surface area contributed by atoms with Crippen LogP contribution in [0.2, 0.25) is 5.15 Å². The van der Waals surface area contributed by atoms with Crippen molar-refractivity contribution in [3.63, 3.8) is 0 Å². The molecule has 1 amide bonds. The predicted molar refractivity (Wildman–Crippen MR) is 61.3 cm³/mol.